The Balaban J connectivity index is 2.52. The van der Waals surface area contributed by atoms with Gasteiger partial charge in [0.2, 0.25) is 0 Å². The van der Waals surface area contributed by atoms with Gasteiger partial charge in [-0.15, -0.1) is 0 Å². The number of rotatable bonds is 9. The van der Waals surface area contributed by atoms with Crippen LogP contribution in [0.5, 0.6) is 5.75 Å². The lowest BCUT2D eigenvalue weighted by molar-refractivity contribution is 0.317. The molecule has 0 spiro atoms. The molecule has 18 heavy (non-hydrogen) atoms. The SMILES string of the molecule is CCCOc1ccc(C(CSCCO)NC)cc1. The van der Waals surface area contributed by atoms with Gasteiger partial charge in [0.25, 0.3) is 0 Å². The van der Waals surface area contributed by atoms with Crippen molar-refractivity contribution in [3.05, 3.63) is 29.8 Å². The molecule has 1 rings (SSSR count). The van der Waals surface area contributed by atoms with Crippen LogP contribution in [0.2, 0.25) is 0 Å². The molecule has 2 N–H and O–H groups in total. The van der Waals surface area contributed by atoms with E-state index in [4.69, 9.17) is 9.84 Å². The summed E-state index contributed by atoms with van der Waals surface area (Å²) < 4.78 is 5.56. The molecule has 0 fully saturated rings. The fourth-order valence-electron chi connectivity index (χ4n) is 1.63. The summed E-state index contributed by atoms with van der Waals surface area (Å²) >= 11 is 1.76. The molecule has 0 aliphatic heterocycles. The lowest BCUT2D eigenvalue weighted by Crippen LogP contribution is -2.19. The van der Waals surface area contributed by atoms with E-state index >= 15 is 0 Å². The van der Waals surface area contributed by atoms with Gasteiger partial charge in [-0.05, 0) is 31.2 Å². The standard InChI is InChI=1S/C14H23NO2S/c1-3-9-17-13-6-4-12(5-7-13)14(15-2)11-18-10-8-16/h4-7,14-16H,3,8-11H2,1-2H3. The number of nitrogens with one attached hydrogen (secondary N) is 1. The van der Waals surface area contributed by atoms with Crippen LogP contribution < -0.4 is 10.1 Å². The Labute approximate surface area is 114 Å². The maximum atomic E-state index is 8.78. The molecule has 0 saturated carbocycles. The molecule has 0 saturated heterocycles. The fourth-order valence-corrected chi connectivity index (χ4v) is 2.52. The Kier molecular flexibility index (Phi) is 7.89. The average molecular weight is 269 g/mol. The molecule has 0 aromatic heterocycles. The number of thioether (sulfide) groups is 1. The van der Waals surface area contributed by atoms with Gasteiger partial charge >= 0.3 is 0 Å². The molecule has 0 radical (unpaired) electrons. The monoisotopic (exact) mass is 269 g/mol. The molecule has 1 aromatic rings. The average Bonchev–Trinajstić information content (AvgIpc) is 2.42. The van der Waals surface area contributed by atoms with E-state index in [1.807, 2.05) is 19.2 Å². The summed E-state index contributed by atoms with van der Waals surface area (Å²) in [4.78, 5) is 0. The van der Waals surface area contributed by atoms with Crippen molar-refractivity contribution < 1.29 is 9.84 Å². The van der Waals surface area contributed by atoms with Crippen LogP contribution in [0.4, 0.5) is 0 Å². The number of hydrogen-bond donors (Lipinski definition) is 2. The molecular weight excluding hydrogens is 246 g/mol. The highest BCUT2D eigenvalue weighted by Gasteiger charge is 2.08. The summed E-state index contributed by atoms with van der Waals surface area (Å²) in [5.41, 5.74) is 1.26. The topological polar surface area (TPSA) is 41.5 Å². The van der Waals surface area contributed by atoms with Crippen LogP contribution in [0.15, 0.2) is 24.3 Å². The Hall–Kier alpha value is -0.710. The lowest BCUT2D eigenvalue weighted by Gasteiger charge is -2.16. The van der Waals surface area contributed by atoms with Gasteiger partial charge in [0.05, 0.1) is 13.2 Å². The van der Waals surface area contributed by atoms with Crippen LogP contribution in [0, 0.1) is 0 Å². The highest BCUT2D eigenvalue weighted by atomic mass is 32.2. The lowest BCUT2D eigenvalue weighted by atomic mass is 10.1. The first-order valence-electron chi connectivity index (χ1n) is 6.40. The van der Waals surface area contributed by atoms with Crippen LogP contribution in [-0.4, -0.2) is 36.9 Å². The van der Waals surface area contributed by atoms with Gasteiger partial charge in [-0.2, -0.15) is 11.8 Å². The first kappa shape index (κ1) is 15.3. The Morgan fingerprint density at radius 1 is 1.33 bits per heavy atom. The fraction of sp³-hybridized carbons (Fsp3) is 0.571. The van der Waals surface area contributed by atoms with Crippen molar-refractivity contribution in [3.63, 3.8) is 0 Å². The molecule has 0 aliphatic carbocycles. The van der Waals surface area contributed by atoms with E-state index in [0.717, 1.165) is 30.3 Å². The summed E-state index contributed by atoms with van der Waals surface area (Å²) in [5, 5.41) is 12.1. The molecule has 1 unspecified atom stereocenters. The van der Waals surface area contributed by atoms with Crippen LogP contribution in [0.25, 0.3) is 0 Å². The molecule has 1 atom stereocenters. The first-order valence-corrected chi connectivity index (χ1v) is 7.56. The third kappa shape index (κ3) is 5.29. The van der Waals surface area contributed by atoms with E-state index in [2.05, 4.69) is 24.4 Å². The molecule has 0 bridgehead atoms. The van der Waals surface area contributed by atoms with Crippen LogP contribution in [0.1, 0.15) is 24.9 Å². The molecule has 1 aromatic carbocycles. The summed E-state index contributed by atoms with van der Waals surface area (Å²) in [6, 6.07) is 8.57. The summed E-state index contributed by atoms with van der Waals surface area (Å²) in [6.07, 6.45) is 1.03. The van der Waals surface area contributed by atoms with Crippen molar-refractivity contribution in [2.24, 2.45) is 0 Å². The number of ether oxygens (including phenoxy) is 1. The molecule has 4 heteroatoms. The van der Waals surface area contributed by atoms with Gasteiger partial charge in [-0.3, -0.25) is 0 Å². The Morgan fingerprint density at radius 2 is 2.06 bits per heavy atom. The van der Waals surface area contributed by atoms with Gasteiger partial charge in [0, 0.05) is 17.5 Å². The molecule has 0 aliphatic rings. The minimum absolute atomic E-state index is 0.241. The molecular formula is C14H23NO2S. The van der Waals surface area contributed by atoms with E-state index in [1.54, 1.807) is 11.8 Å². The quantitative estimate of drug-likeness (QED) is 0.676. The van der Waals surface area contributed by atoms with Crippen LogP contribution in [-0.2, 0) is 0 Å². The second-order valence-corrected chi connectivity index (χ2v) is 5.21. The highest BCUT2D eigenvalue weighted by molar-refractivity contribution is 7.99. The maximum absolute atomic E-state index is 8.78. The zero-order chi connectivity index (χ0) is 13.2. The van der Waals surface area contributed by atoms with Gasteiger partial charge in [-0.25, -0.2) is 0 Å². The minimum Gasteiger partial charge on any atom is -0.494 e. The largest absolute Gasteiger partial charge is 0.494 e. The summed E-state index contributed by atoms with van der Waals surface area (Å²) in [5.74, 6) is 2.68. The van der Waals surface area contributed by atoms with Gasteiger partial charge in [0.15, 0.2) is 0 Å². The number of aliphatic hydroxyl groups excluding tert-OH is 1. The summed E-state index contributed by atoms with van der Waals surface area (Å²) in [6.45, 7) is 3.11. The molecule has 3 nitrogen and oxygen atoms in total. The number of hydrogen-bond acceptors (Lipinski definition) is 4. The van der Waals surface area contributed by atoms with Gasteiger partial charge < -0.3 is 15.2 Å². The third-order valence-electron chi connectivity index (χ3n) is 2.62. The molecule has 0 amide bonds. The number of aliphatic hydroxyl groups is 1. The predicted octanol–water partition coefficient (Wildman–Crippen LogP) is 2.46. The maximum Gasteiger partial charge on any atom is 0.119 e. The zero-order valence-corrected chi connectivity index (χ0v) is 12.0. The van der Waals surface area contributed by atoms with Crippen molar-refractivity contribution in [1.29, 1.82) is 0 Å². The Morgan fingerprint density at radius 3 is 2.61 bits per heavy atom. The molecule has 102 valence electrons. The normalized spacial score (nSPS) is 12.4. The van der Waals surface area contributed by atoms with E-state index < -0.39 is 0 Å². The van der Waals surface area contributed by atoms with Crippen LogP contribution >= 0.6 is 11.8 Å². The van der Waals surface area contributed by atoms with E-state index in [0.29, 0.717) is 6.04 Å². The highest BCUT2D eigenvalue weighted by Crippen LogP contribution is 2.21. The predicted molar refractivity (Wildman–Crippen MR) is 78.4 cm³/mol. The van der Waals surface area contributed by atoms with Crippen molar-refractivity contribution in [3.8, 4) is 5.75 Å². The van der Waals surface area contributed by atoms with E-state index in [1.165, 1.54) is 5.56 Å². The van der Waals surface area contributed by atoms with Crippen molar-refractivity contribution >= 4 is 11.8 Å². The Bertz CT molecular complexity index is 316. The zero-order valence-electron chi connectivity index (χ0n) is 11.2. The summed E-state index contributed by atoms with van der Waals surface area (Å²) in [7, 11) is 1.96. The van der Waals surface area contributed by atoms with E-state index in [9.17, 15) is 0 Å². The first-order chi connectivity index (χ1) is 8.81. The van der Waals surface area contributed by atoms with Crippen LogP contribution in [0.3, 0.4) is 0 Å². The number of benzene rings is 1. The second kappa shape index (κ2) is 9.25. The second-order valence-electron chi connectivity index (χ2n) is 4.06. The van der Waals surface area contributed by atoms with Gasteiger partial charge in [-0.1, -0.05) is 19.1 Å². The van der Waals surface area contributed by atoms with E-state index in [-0.39, 0.29) is 6.61 Å². The van der Waals surface area contributed by atoms with Crippen molar-refractivity contribution in [1.82, 2.24) is 5.32 Å². The third-order valence-corrected chi connectivity index (χ3v) is 3.66. The van der Waals surface area contributed by atoms with Gasteiger partial charge in [0.1, 0.15) is 5.75 Å². The molecule has 0 heterocycles. The minimum atomic E-state index is 0.241. The van der Waals surface area contributed by atoms with Crippen molar-refractivity contribution in [2.75, 3.05) is 31.8 Å². The smallest absolute Gasteiger partial charge is 0.119 e. The van der Waals surface area contributed by atoms with Crippen molar-refractivity contribution in [2.45, 2.75) is 19.4 Å².